The summed E-state index contributed by atoms with van der Waals surface area (Å²) in [7, 11) is 0. The zero-order chi connectivity index (χ0) is 27.9. The van der Waals surface area contributed by atoms with Gasteiger partial charge >= 0.3 is 0 Å². The van der Waals surface area contributed by atoms with Gasteiger partial charge in [0.25, 0.3) is 5.91 Å². The first-order valence-electron chi connectivity index (χ1n) is 13.0. The van der Waals surface area contributed by atoms with E-state index in [1.807, 2.05) is 10.6 Å². The maximum absolute atomic E-state index is 13.4. The SMILES string of the molecule is C=CC(=O)N1CC(NC(=O)c2c(Cl)nc(CNc3n[nH]c4cc(Cl)c(C(C)(C)C)cc34)n2C2CCOCC2)C1. The minimum Gasteiger partial charge on any atom is -0.381 e. The molecule has 2 aromatic heterocycles. The summed E-state index contributed by atoms with van der Waals surface area (Å²) >= 11 is 13.1. The van der Waals surface area contributed by atoms with Crippen molar-refractivity contribution in [1.82, 2.24) is 30.0 Å². The Labute approximate surface area is 237 Å². The van der Waals surface area contributed by atoms with Crippen LogP contribution in [0.25, 0.3) is 10.9 Å². The molecule has 2 aliphatic heterocycles. The highest BCUT2D eigenvalue weighted by molar-refractivity contribution is 6.32. The maximum Gasteiger partial charge on any atom is 0.271 e. The third-order valence-corrected chi connectivity index (χ3v) is 7.86. The van der Waals surface area contributed by atoms with Crippen LogP contribution in [0.4, 0.5) is 5.82 Å². The van der Waals surface area contributed by atoms with Gasteiger partial charge in [0.15, 0.2) is 11.0 Å². The van der Waals surface area contributed by atoms with Crippen molar-refractivity contribution in [1.29, 1.82) is 0 Å². The van der Waals surface area contributed by atoms with Crippen LogP contribution < -0.4 is 10.6 Å². The highest BCUT2D eigenvalue weighted by atomic mass is 35.5. The number of aromatic nitrogens is 4. The van der Waals surface area contributed by atoms with E-state index >= 15 is 0 Å². The molecule has 4 heterocycles. The molecule has 0 bridgehead atoms. The molecule has 5 rings (SSSR count). The number of nitrogens with zero attached hydrogens (tertiary/aromatic N) is 4. The summed E-state index contributed by atoms with van der Waals surface area (Å²) in [5.74, 6) is 0.838. The molecular formula is C27H33Cl2N7O3. The number of ether oxygens (including phenoxy) is 1. The van der Waals surface area contributed by atoms with E-state index in [4.69, 9.17) is 27.9 Å². The minimum absolute atomic E-state index is 0.0127. The van der Waals surface area contributed by atoms with E-state index in [2.05, 4.69) is 59.2 Å². The number of imidazole rings is 1. The standard InChI is InChI=1S/C27H33Cl2N7O3/c1-5-22(37)35-13-15(14-35)31-26(38)23-24(29)32-21(36(23)16-6-8-39-9-7-16)12-30-25-17-10-18(27(2,3)4)19(28)11-20(17)33-34-25/h5,10-11,15-16H,1,6-9,12-14H2,2-4H3,(H,31,38)(H2,30,33,34). The fraction of sp³-hybridized carbons (Fsp3) is 0.481. The van der Waals surface area contributed by atoms with Crippen LogP contribution in [-0.4, -0.2) is 68.8 Å². The van der Waals surface area contributed by atoms with Gasteiger partial charge in [-0.15, -0.1) is 0 Å². The molecule has 2 fully saturated rings. The third kappa shape index (κ3) is 5.50. The van der Waals surface area contributed by atoms with Crippen LogP contribution >= 0.6 is 23.2 Å². The molecule has 1 aromatic carbocycles. The van der Waals surface area contributed by atoms with Gasteiger partial charge in [-0.25, -0.2) is 4.98 Å². The zero-order valence-electron chi connectivity index (χ0n) is 22.3. The van der Waals surface area contributed by atoms with E-state index < -0.39 is 0 Å². The van der Waals surface area contributed by atoms with Crippen molar-refractivity contribution < 1.29 is 14.3 Å². The lowest BCUT2D eigenvalue weighted by Gasteiger charge is -2.39. The van der Waals surface area contributed by atoms with Crippen molar-refractivity contribution in [2.75, 3.05) is 31.6 Å². The predicted octanol–water partition coefficient (Wildman–Crippen LogP) is 4.45. The van der Waals surface area contributed by atoms with E-state index in [0.29, 0.717) is 55.2 Å². The van der Waals surface area contributed by atoms with Crippen molar-refractivity contribution in [2.45, 2.75) is 57.7 Å². The van der Waals surface area contributed by atoms with Gasteiger partial charge in [-0.3, -0.25) is 14.7 Å². The Hall–Kier alpha value is -3.08. The van der Waals surface area contributed by atoms with Crippen molar-refractivity contribution in [3.8, 4) is 0 Å². The van der Waals surface area contributed by atoms with E-state index in [-0.39, 0.29) is 34.5 Å². The fourth-order valence-electron chi connectivity index (χ4n) is 5.16. The first-order chi connectivity index (χ1) is 18.6. The average molecular weight is 575 g/mol. The number of fused-ring (bicyclic) bond motifs is 1. The monoisotopic (exact) mass is 573 g/mol. The van der Waals surface area contributed by atoms with Crippen molar-refractivity contribution in [2.24, 2.45) is 0 Å². The number of amides is 2. The van der Waals surface area contributed by atoms with Crippen LogP contribution in [0.2, 0.25) is 10.2 Å². The van der Waals surface area contributed by atoms with Crippen molar-refractivity contribution >= 4 is 51.7 Å². The van der Waals surface area contributed by atoms with E-state index in [1.165, 1.54) is 6.08 Å². The highest BCUT2D eigenvalue weighted by Crippen LogP contribution is 2.35. The second-order valence-corrected chi connectivity index (χ2v) is 11.8. The number of likely N-dealkylation sites (tertiary alicyclic amines) is 1. The third-order valence-electron chi connectivity index (χ3n) is 7.29. The number of halogens is 2. The molecule has 0 radical (unpaired) electrons. The molecule has 208 valence electrons. The number of H-pyrrole nitrogens is 1. The summed E-state index contributed by atoms with van der Waals surface area (Å²) in [6, 6.07) is 3.80. The second-order valence-electron chi connectivity index (χ2n) is 11.1. The van der Waals surface area contributed by atoms with Gasteiger partial charge in [-0.05, 0) is 42.0 Å². The summed E-state index contributed by atoms with van der Waals surface area (Å²) in [5.41, 5.74) is 2.04. The summed E-state index contributed by atoms with van der Waals surface area (Å²) < 4.78 is 7.50. The van der Waals surface area contributed by atoms with Gasteiger partial charge in [0, 0.05) is 42.8 Å². The maximum atomic E-state index is 13.4. The lowest BCUT2D eigenvalue weighted by Crippen LogP contribution is -2.60. The number of hydrogen-bond donors (Lipinski definition) is 3. The normalized spacial score (nSPS) is 16.8. The lowest BCUT2D eigenvalue weighted by molar-refractivity contribution is -0.130. The molecular weight excluding hydrogens is 541 g/mol. The number of benzene rings is 1. The first-order valence-corrected chi connectivity index (χ1v) is 13.8. The largest absolute Gasteiger partial charge is 0.381 e. The lowest BCUT2D eigenvalue weighted by atomic mass is 9.86. The van der Waals surface area contributed by atoms with Gasteiger partial charge in [-0.1, -0.05) is 50.6 Å². The predicted molar refractivity (Wildman–Crippen MR) is 151 cm³/mol. The zero-order valence-corrected chi connectivity index (χ0v) is 23.8. The smallest absolute Gasteiger partial charge is 0.271 e. The molecule has 12 heteroatoms. The Morgan fingerprint density at radius 1 is 1.23 bits per heavy atom. The molecule has 3 N–H and O–H groups in total. The summed E-state index contributed by atoms with van der Waals surface area (Å²) in [5, 5.41) is 15.6. The molecule has 0 unspecified atom stereocenters. The summed E-state index contributed by atoms with van der Waals surface area (Å²) in [6.07, 6.45) is 2.75. The van der Waals surface area contributed by atoms with Crippen molar-refractivity contribution in [3.05, 3.63) is 52.0 Å². The number of aromatic amines is 1. The van der Waals surface area contributed by atoms with E-state index in [0.717, 1.165) is 29.3 Å². The van der Waals surface area contributed by atoms with Gasteiger partial charge < -0.3 is 24.8 Å². The second kappa shape index (κ2) is 10.8. The van der Waals surface area contributed by atoms with Crippen LogP contribution in [0, 0.1) is 0 Å². The Morgan fingerprint density at radius 3 is 2.62 bits per heavy atom. The van der Waals surface area contributed by atoms with Crippen LogP contribution in [0.15, 0.2) is 24.8 Å². The number of anilines is 1. The number of carbonyl (C=O) groups is 2. The average Bonchev–Trinajstić information content (AvgIpc) is 3.42. The summed E-state index contributed by atoms with van der Waals surface area (Å²) in [4.78, 5) is 31.4. The number of rotatable bonds is 7. The number of hydrogen-bond acceptors (Lipinski definition) is 6. The molecule has 0 spiro atoms. The molecule has 39 heavy (non-hydrogen) atoms. The number of nitrogens with one attached hydrogen (secondary N) is 3. The quantitative estimate of drug-likeness (QED) is 0.359. The summed E-state index contributed by atoms with van der Waals surface area (Å²) in [6.45, 7) is 12.2. The van der Waals surface area contributed by atoms with E-state index in [1.54, 1.807) is 4.90 Å². The molecule has 0 saturated carbocycles. The topological polar surface area (TPSA) is 117 Å². The Bertz CT molecular complexity index is 1410. The number of carbonyl (C=O) groups excluding carboxylic acids is 2. The van der Waals surface area contributed by atoms with Crippen LogP contribution in [0.1, 0.15) is 61.5 Å². The highest BCUT2D eigenvalue weighted by Gasteiger charge is 2.34. The molecule has 2 aliphatic rings. The van der Waals surface area contributed by atoms with Gasteiger partial charge in [0.1, 0.15) is 11.5 Å². The molecule has 2 amide bonds. The first kappa shape index (κ1) is 27.5. The Balaban J connectivity index is 1.40. The van der Waals surface area contributed by atoms with Gasteiger partial charge in [0.2, 0.25) is 5.91 Å². The van der Waals surface area contributed by atoms with Crippen molar-refractivity contribution in [3.63, 3.8) is 0 Å². The van der Waals surface area contributed by atoms with Gasteiger partial charge in [0.05, 0.1) is 18.1 Å². The molecule has 2 saturated heterocycles. The minimum atomic E-state index is -0.310. The molecule has 0 atom stereocenters. The molecule has 0 aliphatic carbocycles. The van der Waals surface area contributed by atoms with E-state index in [9.17, 15) is 9.59 Å². The van der Waals surface area contributed by atoms with Crippen LogP contribution in [0.3, 0.4) is 0 Å². The fourth-order valence-corrected chi connectivity index (χ4v) is 5.88. The Kier molecular flexibility index (Phi) is 7.63. The Morgan fingerprint density at radius 2 is 1.95 bits per heavy atom. The van der Waals surface area contributed by atoms with Gasteiger partial charge in [-0.2, -0.15) is 5.10 Å². The van der Waals surface area contributed by atoms with Crippen LogP contribution in [-0.2, 0) is 21.5 Å². The molecule has 10 nitrogen and oxygen atoms in total. The molecule has 3 aromatic rings. The van der Waals surface area contributed by atoms with Crippen LogP contribution in [0.5, 0.6) is 0 Å².